The third-order valence-corrected chi connectivity index (χ3v) is 3.54. The number of carbonyl (C=O) groups excluding carboxylic acids is 3. The molecule has 23 heavy (non-hydrogen) atoms. The van der Waals surface area contributed by atoms with Crippen molar-refractivity contribution in [3.8, 4) is 5.75 Å². The van der Waals surface area contributed by atoms with Crippen LogP contribution in [0, 0.1) is 0 Å². The molecule has 1 aliphatic heterocycles. The zero-order valence-corrected chi connectivity index (χ0v) is 14.2. The number of ether oxygens (including phenoxy) is 2. The van der Waals surface area contributed by atoms with Crippen LogP contribution in [-0.2, 0) is 14.3 Å². The quantitative estimate of drug-likeness (QED) is 0.477. The second-order valence-electron chi connectivity index (χ2n) is 4.57. The maximum Gasteiger partial charge on any atom is 0.329 e. The molecule has 122 valence electrons. The molecule has 0 radical (unpaired) electrons. The first-order valence-corrected chi connectivity index (χ1v) is 7.59. The summed E-state index contributed by atoms with van der Waals surface area (Å²) in [5.41, 5.74) is 0.697. The predicted octanol–water partition coefficient (Wildman–Crippen LogP) is 1.91. The van der Waals surface area contributed by atoms with Gasteiger partial charge in [0.1, 0.15) is 18.0 Å². The summed E-state index contributed by atoms with van der Waals surface area (Å²) in [6.07, 6.45) is 1.51. The van der Waals surface area contributed by atoms with Crippen LogP contribution in [-0.4, -0.2) is 43.1 Å². The summed E-state index contributed by atoms with van der Waals surface area (Å²) in [6.45, 7) is 1.88. The van der Waals surface area contributed by atoms with E-state index < -0.39 is 24.5 Å². The number of methoxy groups -OCH3 is 1. The standard InChI is InChI=1S/C15H15BrN2O5/c1-3-23-12-5-4-10(16)6-9(12)7-11-14(20)18(15(21)17-11)8-13(19)22-2/h4-7H,3,8H2,1-2H3,(H,17,21)/b11-7+. The summed E-state index contributed by atoms with van der Waals surface area (Å²) in [7, 11) is 1.19. The maximum absolute atomic E-state index is 12.2. The van der Waals surface area contributed by atoms with E-state index in [1.54, 1.807) is 12.1 Å². The summed E-state index contributed by atoms with van der Waals surface area (Å²) in [6, 6.07) is 4.67. The molecule has 1 saturated heterocycles. The van der Waals surface area contributed by atoms with Crippen molar-refractivity contribution in [3.05, 3.63) is 33.9 Å². The minimum Gasteiger partial charge on any atom is -0.493 e. The number of halogens is 1. The van der Waals surface area contributed by atoms with Crippen molar-refractivity contribution in [2.45, 2.75) is 6.92 Å². The van der Waals surface area contributed by atoms with Gasteiger partial charge in [-0.05, 0) is 31.2 Å². The van der Waals surface area contributed by atoms with Gasteiger partial charge in [-0.15, -0.1) is 0 Å². The molecule has 0 bridgehead atoms. The summed E-state index contributed by atoms with van der Waals surface area (Å²) >= 11 is 3.35. The predicted molar refractivity (Wildman–Crippen MR) is 85.5 cm³/mol. The first-order valence-electron chi connectivity index (χ1n) is 6.80. The third kappa shape index (κ3) is 3.89. The summed E-state index contributed by atoms with van der Waals surface area (Å²) in [4.78, 5) is 36.1. The van der Waals surface area contributed by atoms with Crippen molar-refractivity contribution >= 4 is 39.9 Å². The van der Waals surface area contributed by atoms with E-state index in [9.17, 15) is 14.4 Å². The highest BCUT2D eigenvalue weighted by Gasteiger charge is 2.35. The Hall–Kier alpha value is -2.35. The van der Waals surface area contributed by atoms with Crippen LogP contribution in [0.5, 0.6) is 5.75 Å². The fraction of sp³-hybridized carbons (Fsp3) is 0.267. The molecule has 3 amide bonds. The number of hydrogen-bond acceptors (Lipinski definition) is 5. The first-order chi connectivity index (χ1) is 11.0. The van der Waals surface area contributed by atoms with Gasteiger partial charge in [0.2, 0.25) is 0 Å². The van der Waals surface area contributed by atoms with E-state index in [2.05, 4.69) is 26.0 Å². The summed E-state index contributed by atoms with van der Waals surface area (Å²) in [5, 5.41) is 2.44. The highest BCUT2D eigenvalue weighted by molar-refractivity contribution is 9.10. The van der Waals surface area contributed by atoms with E-state index in [-0.39, 0.29) is 5.70 Å². The number of nitrogens with zero attached hydrogens (tertiary/aromatic N) is 1. The van der Waals surface area contributed by atoms with Crippen LogP contribution in [0.4, 0.5) is 4.79 Å². The fourth-order valence-electron chi connectivity index (χ4n) is 1.98. The average Bonchev–Trinajstić information content (AvgIpc) is 2.77. The Morgan fingerprint density at radius 1 is 1.39 bits per heavy atom. The number of urea groups is 1. The minimum absolute atomic E-state index is 0.0676. The lowest BCUT2D eigenvalue weighted by Gasteiger charge is -2.09. The lowest BCUT2D eigenvalue weighted by atomic mass is 10.1. The number of carbonyl (C=O) groups is 3. The Bertz CT molecular complexity index is 686. The largest absolute Gasteiger partial charge is 0.493 e. The normalized spacial score (nSPS) is 15.8. The number of esters is 1. The Morgan fingerprint density at radius 2 is 2.13 bits per heavy atom. The number of imide groups is 1. The molecule has 0 aromatic heterocycles. The van der Waals surface area contributed by atoms with Crippen LogP contribution in [0.3, 0.4) is 0 Å². The van der Waals surface area contributed by atoms with Crippen molar-refractivity contribution in [3.63, 3.8) is 0 Å². The maximum atomic E-state index is 12.2. The topological polar surface area (TPSA) is 84.9 Å². The highest BCUT2D eigenvalue weighted by atomic mass is 79.9. The smallest absolute Gasteiger partial charge is 0.329 e. The van der Waals surface area contributed by atoms with Gasteiger partial charge in [-0.3, -0.25) is 9.59 Å². The number of nitrogens with one attached hydrogen (secondary N) is 1. The zero-order chi connectivity index (χ0) is 17.0. The van der Waals surface area contributed by atoms with Crippen LogP contribution in [0.15, 0.2) is 28.4 Å². The SMILES string of the molecule is CCOc1ccc(Br)cc1/C=C1/NC(=O)N(CC(=O)OC)C1=O. The molecule has 1 aromatic carbocycles. The second kappa shape index (κ2) is 7.28. The molecule has 0 unspecified atom stereocenters. The van der Waals surface area contributed by atoms with Crippen molar-refractivity contribution in [2.75, 3.05) is 20.3 Å². The summed E-state index contributed by atoms with van der Waals surface area (Å²) in [5.74, 6) is -0.688. The van der Waals surface area contributed by atoms with Gasteiger partial charge < -0.3 is 14.8 Å². The van der Waals surface area contributed by atoms with Gasteiger partial charge in [0.05, 0.1) is 13.7 Å². The van der Waals surface area contributed by atoms with E-state index in [0.29, 0.717) is 17.9 Å². The van der Waals surface area contributed by atoms with Crippen LogP contribution < -0.4 is 10.1 Å². The monoisotopic (exact) mass is 382 g/mol. The van der Waals surface area contributed by atoms with Crippen LogP contribution >= 0.6 is 15.9 Å². The average molecular weight is 383 g/mol. The van der Waals surface area contributed by atoms with Crippen LogP contribution in [0.2, 0.25) is 0 Å². The van der Waals surface area contributed by atoms with E-state index in [0.717, 1.165) is 9.37 Å². The Morgan fingerprint density at radius 3 is 2.78 bits per heavy atom. The van der Waals surface area contributed by atoms with Gasteiger partial charge in [-0.25, -0.2) is 9.69 Å². The van der Waals surface area contributed by atoms with E-state index in [4.69, 9.17) is 4.74 Å². The molecule has 7 nitrogen and oxygen atoms in total. The second-order valence-corrected chi connectivity index (χ2v) is 5.49. The van der Waals surface area contributed by atoms with Gasteiger partial charge in [0.25, 0.3) is 5.91 Å². The van der Waals surface area contributed by atoms with Gasteiger partial charge in [0, 0.05) is 10.0 Å². The molecule has 0 saturated carbocycles. The number of benzene rings is 1. The van der Waals surface area contributed by atoms with Gasteiger partial charge in [0.15, 0.2) is 0 Å². The minimum atomic E-state index is -0.674. The van der Waals surface area contributed by atoms with Gasteiger partial charge >= 0.3 is 12.0 Å². The Balaban J connectivity index is 2.30. The third-order valence-electron chi connectivity index (χ3n) is 3.05. The molecular weight excluding hydrogens is 368 g/mol. The molecule has 8 heteroatoms. The number of rotatable bonds is 5. The number of hydrogen-bond donors (Lipinski definition) is 1. The molecule has 1 heterocycles. The van der Waals surface area contributed by atoms with Gasteiger partial charge in [-0.1, -0.05) is 15.9 Å². The van der Waals surface area contributed by atoms with Crippen molar-refractivity contribution < 1.29 is 23.9 Å². The van der Waals surface area contributed by atoms with Crippen molar-refractivity contribution in [1.29, 1.82) is 0 Å². The molecule has 0 atom stereocenters. The van der Waals surface area contributed by atoms with Gasteiger partial charge in [-0.2, -0.15) is 0 Å². The van der Waals surface area contributed by atoms with Crippen molar-refractivity contribution in [1.82, 2.24) is 10.2 Å². The fourth-order valence-corrected chi connectivity index (χ4v) is 2.36. The van der Waals surface area contributed by atoms with E-state index in [1.165, 1.54) is 13.2 Å². The molecule has 1 aromatic rings. The van der Waals surface area contributed by atoms with Crippen LogP contribution in [0.1, 0.15) is 12.5 Å². The first kappa shape index (κ1) is 17.0. The van der Waals surface area contributed by atoms with E-state index >= 15 is 0 Å². The molecule has 1 fully saturated rings. The van der Waals surface area contributed by atoms with Crippen LogP contribution in [0.25, 0.3) is 6.08 Å². The zero-order valence-electron chi connectivity index (χ0n) is 12.6. The molecule has 1 aliphatic rings. The van der Waals surface area contributed by atoms with E-state index in [1.807, 2.05) is 13.0 Å². The molecule has 0 aliphatic carbocycles. The lowest BCUT2D eigenvalue weighted by molar-refractivity contribution is -0.143. The molecular formula is C15H15BrN2O5. The highest BCUT2D eigenvalue weighted by Crippen LogP contribution is 2.26. The summed E-state index contributed by atoms with van der Waals surface area (Å²) < 4.78 is 10.8. The number of amides is 3. The van der Waals surface area contributed by atoms with Crippen molar-refractivity contribution in [2.24, 2.45) is 0 Å². The molecule has 1 N–H and O–H groups in total. The Kier molecular flexibility index (Phi) is 5.38. The Labute approximate surface area is 141 Å². The lowest BCUT2D eigenvalue weighted by Crippen LogP contribution is -2.36. The molecule has 0 spiro atoms. The molecule has 2 rings (SSSR count).